The molecule has 0 saturated heterocycles. The number of fused-ring (bicyclic) bond motifs is 8. The van der Waals surface area contributed by atoms with Crippen molar-refractivity contribution in [3.63, 3.8) is 0 Å². The molecule has 0 saturated carbocycles. The Morgan fingerprint density at radius 3 is 1.20 bits per heavy atom. The number of hydrogen-bond donors (Lipinski definition) is 0. The van der Waals surface area contributed by atoms with Gasteiger partial charge in [0.2, 0.25) is 0 Å². The third kappa shape index (κ3) is 3.54. The standard InChI is InChI=1S/C36H22S4/c1-19-3-7-29-23(11-19)15-33(37-29)35-17-27-25-13-22-6-10-32-28(26(22)14-21(25)5-9-31(27)39-35)18-36(40-32)34-16-24-12-20(2)4-8-30(24)38-34/h3-18H,1-2H3. The molecule has 0 fully saturated rings. The number of thiophene rings is 4. The average molecular weight is 583 g/mol. The highest BCUT2D eigenvalue weighted by Crippen LogP contribution is 2.45. The number of aryl methyl sites for hydroxylation is 2. The van der Waals surface area contributed by atoms with E-state index in [-0.39, 0.29) is 0 Å². The maximum Gasteiger partial charge on any atom is 0.0455 e. The number of benzene rings is 5. The molecule has 4 heteroatoms. The SMILES string of the molecule is Cc1ccc2sc(-c3cc4c(ccc5cc6c(ccc7sc(-c8cc9cc(C)ccc9s8)cc76)cc54)s3)cc2c1. The van der Waals surface area contributed by atoms with E-state index in [9.17, 15) is 0 Å². The first-order valence-electron chi connectivity index (χ1n) is 13.4. The Labute approximate surface area is 247 Å². The molecular formula is C36H22S4. The molecule has 0 nitrogen and oxygen atoms in total. The van der Waals surface area contributed by atoms with Gasteiger partial charge in [0.1, 0.15) is 0 Å². The second kappa shape index (κ2) is 8.48. The van der Waals surface area contributed by atoms with Gasteiger partial charge in [-0.1, -0.05) is 47.5 Å². The predicted molar refractivity (Wildman–Crippen MR) is 183 cm³/mol. The van der Waals surface area contributed by atoms with E-state index in [4.69, 9.17) is 0 Å². The van der Waals surface area contributed by atoms with Crippen LogP contribution in [0.3, 0.4) is 0 Å². The molecule has 0 aliphatic heterocycles. The molecule has 0 spiro atoms. The second-order valence-electron chi connectivity index (χ2n) is 10.8. The fourth-order valence-corrected chi connectivity index (χ4v) is 10.4. The highest BCUT2D eigenvalue weighted by atomic mass is 32.1. The smallest absolute Gasteiger partial charge is 0.0455 e. The second-order valence-corrected chi connectivity index (χ2v) is 15.1. The largest absolute Gasteiger partial charge is 0.134 e. The lowest BCUT2D eigenvalue weighted by Gasteiger charge is -2.05. The van der Waals surface area contributed by atoms with Crippen molar-refractivity contribution in [2.75, 3.05) is 0 Å². The minimum Gasteiger partial charge on any atom is -0.134 e. The van der Waals surface area contributed by atoms with Crippen molar-refractivity contribution in [3.05, 3.63) is 108 Å². The monoisotopic (exact) mass is 582 g/mol. The molecule has 0 atom stereocenters. The van der Waals surface area contributed by atoms with Crippen LogP contribution in [0.25, 0.3) is 81.4 Å². The summed E-state index contributed by atoms with van der Waals surface area (Å²) in [6, 6.07) is 37.1. The molecule has 190 valence electrons. The summed E-state index contributed by atoms with van der Waals surface area (Å²) in [6.45, 7) is 4.34. The van der Waals surface area contributed by atoms with Crippen LogP contribution >= 0.6 is 45.3 Å². The van der Waals surface area contributed by atoms with Gasteiger partial charge >= 0.3 is 0 Å². The van der Waals surface area contributed by atoms with E-state index in [0.717, 1.165) is 0 Å². The Kier molecular flexibility index (Phi) is 4.92. The Bertz CT molecular complexity index is 2280. The van der Waals surface area contributed by atoms with E-state index >= 15 is 0 Å². The topological polar surface area (TPSA) is 0 Å². The van der Waals surface area contributed by atoms with E-state index in [1.165, 1.54) is 92.5 Å². The predicted octanol–water partition coefficient (Wildman–Crippen LogP) is 12.8. The van der Waals surface area contributed by atoms with Crippen molar-refractivity contribution in [2.45, 2.75) is 13.8 Å². The average Bonchev–Trinajstić information content (AvgIpc) is 3.74. The van der Waals surface area contributed by atoms with Crippen LogP contribution in [0.4, 0.5) is 0 Å². The summed E-state index contributed by atoms with van der Waals surface area (Å²) >= 11 is 7.62. The van der Waals surface area contributed by atoms with Crippen LogP contribution < -0.4 is 0 Å². The molecule has 9 aromatic rings. The molecular weight excluding hydrogens is 561 g/mol. The van der Waals surface area contributed by atoms with E-state index < -0.39 is 0 Å². The first kappa shape index (κ1) is 23.2. The van der Waals surface area contributed by atoms with E-state index in [0.29, 0.717) is 0 Å². The summed E-state index contributed by atoms with van der Waals surface area (Å²) in [4.78, 5) is 5.44. The maximum atomic E-state index is 2.41. The van der Waals surface area contributed by atoms with Gasteiger partial charge in [0.05, 0.1) is 0 Å². The van der Waals surface area contributed by atoms with Crippen LogP contribution in [0, 0.1) is 13.8 Å². The molecule has 5 aromatic carbocycles. The summed E-state index contributed by atoms with van der Waals surface area (Å²) in [5.41, 5.74) is 2.63. The Balaban J connectivity index is 1.20. The Morgan fingerprint density at radius 2 is 0.725 bits per heavy atom. The highest BCUT2D eigenvalue weighted by molar-refractivity contribution is 7.29. The van der Waals surface area contributed by atoms with Gasteiger partial charge in [0, 0.05) is 49.1 Å². The minimum atomic E-state index is 1.31. The zero-order chi connectivity index (χ0) is 26.5. The third-order valence-corrected chi connectivity index (χ3v) is 12.8. The molecule has 0 aliphatic carbocycles. The van der Waals surface area contributed by atoms with Crippen molar-refractivity contribution < 1.29 is 0 Å². The number of hydrogen-bond acceptors (Lipinski definition) is 4. The van der Waals surface area contributed by atoms with Gasteiger partial charge in [-0.3, -0.25) is 0 Å². The van der Waals surface area contributed by atoms with Crippen LogP contribution in [0.2, 0.25) is 0 Å². The molecule has 0 bridgehead atoms. The molecule has 0 amide bonds. The van der Waals surface area contributed by atoms with Crippen LogP contribution in [-0.4, -0.2) is 0 Å². The summed E-state index contributed by atoms with van der Waals surface area (Å²) in [5.74, 6) is 0. The molecule has 4 heterocycles. The van der Waals surface area contributed by atoms with Crippen LogP contribution in [0.5, 0.6) is 0 Å². The molecule has 0 aliphatic rings. The van der Waals surface area contributed by atoms with E-state index in [1.54, 1.807) is 0 Å². The van der Waals surface area contributed by atoms with Crippen molar-refractivity contribution in [3.8, 4) is 19.5 Å². The first-order chi connectivity index (χ1) is 19.6. The molecule has 0 N–H and O–H groups in total. The normalized spacial score (nSPS) is 12.2. The van der Waals surface area contributed by atoms with Crippen molar-refractivity contribution in [1.82, 2.24) is 0 Å². The van der Waals surface area contributed by atoms with E-state index in [1.807, 2.05) is 45.3 Å². The zero-order valence-electron chi connectivity index (χ0n) is 21.9. The molecule has 0 radical (unpaired) electrons. The van der Waals surface area contributed by atoms with Crippen molar-refractivity contribution in [1.29, 1.82) is 0 Å². The van der Waals surface area contributed by atoms with Crippen LogP contribution in [-0.2, 0) is 0 Å². The Hall–Kier alpha value is -3.54. The number of rotatable bonds is 2. The lowest BCUT2D eigenvalue weighted by atomic mass is 9.99. The quantitative estimate of drug-likeness (QED) is 0.178. The van der Waals surface area contributed by atoms with Gasteiger partial charge in [-0.2, -0.15) is 0 Å². The van der Waals surface area contributed by atoms with Crippen LogP contribution in [0.1, 0.15) is 11.1 Å². The summed E-state index contributed by atoms with van der Waals surface area (Å²) < 4.78 is 5.43. The lowest BCUT2D eigenvalue weighted by Crippen LogP contribution is -1.78. The Morgan fingerprint density at radius 1 is 0.325 bits per heavy atom. The van der Waals surface area contributed by atoms with Gasteiger partial charge in [-0.25, -0.2) is 0 Å². The van der Waals surface area contributed by atoms with Gasteiger partial charge in [-0.15, -0.1) is 45.3 Å². The molecule has 4 aromatic heterocycles. The third-order valence-electron chi connectivity index (χ3n) is 7.98. The van der Waals surface area contributed by atoms with Gasteiger partial charge in [-0.05, 0) is 107 Å². The molecule has 40 heavy (non-hydrogen) atoms. The van der Waals surface area contributed by atoms with Gasteiger partial charge < -0.3 is 0 Å². The first-order valence-corrected chi connectivity index (χ1v) is 16.7. The minimum absolute atomic E-state index is 1.31. The fourth-order valence-electron chi connectivity index (χ4n) is 6.00. The van der Waals surface area contributed by atoms with Crippen LogP contribution in [0.15, 0.2) is 97.1 Å². The molecule has 0 unspecified atom stereocenters. The summed E-state index contributed by atoms with van der Waals surface area (Å²) in [5, 5.41) is 10.7. The molecule has 9 rings (SSSR count). The lowest BCUT2D eigenvalue weighted by molar-refractivity contribution is 1.51. The van der Waals surface area contributed by atoms with Gasteiger partial charge in [0.25, 0.3) is 0 Å². The fraction of sp³-hybridized carbons (Fsp3) is 0.0556. The summed E-state index contributed by atoms with van der Waals surface area (Å²) in [7, 11) is 0. The van der Waals surface area contributed by atoms with Gasteiger partial charge in [0.15, 0.2) is 0 Å². The highest BCUT2D eigenvalue weighted by Gasteiger charge is 2.14. The maximum absolute atomic E-state index is 2.41. The summed E-state index contributed by atoms with van der Waals surface area (Å²) in [6.07, 6.45) is 0. The zero-order valence-corrected chi connectivity index (χ0v) is 25.1. The van der Waals surface area contributed by atoms with Crippen molar-refractivity contribution >= 4 is 107 Å². The van der Waals surface area contributed by atoms with E-state index in [2.05, 4.69) is 111 Å². The van der Waals surface area contributed by atoms with Crippen molar-refractivity contribution in [2.24, 2.45) is 0 Å².